The molecule has 0 spiro atoms. The van der Waals surface area contributed by atoms with Gasteiger partial charge in [-0.25, -0.2) is 13.6 Å². The summed E-state index contributed by atoms with van der Waals surface area (Å²) in [6.45, 7) is 3.64. The highest BCUT2D eigenvalue weighted by Gasteiger charge is 2.49. The number of nitrogens with one attached hydrogen (secondary N) is 1. The van der Waals surface area contributed by atoms with Gasteiger partial charge in [0, 0.05) is 36.1 Å². The van der Waals surface area contributed by atoms with E-state index in [-0.39, 0.29) is 12.5 Å². The van der Waals surface area contributed by atoms with Crippen LogP contribution >= 0.6 is 11.6 Å². The quantitative estimate of drug-likeness (QED) is 0.795. The number of urea groups is 1. The number of hydrogen-bond donors (Lipinski definition) is 1. The van der Waals surface area contributed by atoms with Gasteiger partial charge in [0.1, 0.15) is 0 Å². The average molecular weight is 343 g/mol. The van der Waals surface area contributed by atoms with E-state index in [1.54, 1.807) is 23.1 Å². The van der Waals surface area contributed by atoms with Gasteiger partial charge in [-0.05, 0) is 48.9 Å². The van der Waals surface area contributed by atoms with Crippen LogP contribution in [0.2, 0.25) is 5.02 Å². The zero-order valence-corrected chi connectivity index (χ0v) is 13.9. The Hall–Kier alpha value is -1.36. The molecule has 0 aromatic heterocycles. The van der Waals surface area contributed by atoms with Crippen LogP contribution in [0.3, 0.4) is 0 Å². The molecule has 2 aliphatic rings. The molecule has 3 rings (SSSR count). The number of carbonyl (C=O) groups excluding carboxylic acids is 1. The normalized spacial score (nSPS) is 24.2. The number of likely N-dealkylation sites (tertiary alicyclic amines) is 1. The van der Waals surface area contributed by atoms with Crippen molar-refractivity contribution in [2.75, 3.05) is 18.4 Å². The minimum Gasteiger partial charge on any atom is -0.325 e. The molecule has 1 aliphatic heterocycles. The van der Waals surface area contributed by atoms with Crippen LogP contribution in [0.1, 0.15) is 44.1 Å². The maximum atomic E-state index is 13.6. The molecule has 1 atom stereocenters. The van der Waals surface area contributed by atoms with Gasteiger partial charge in [0.2, 0.25) is 0 Å². The van der Waals surface area contributed by atoms with E-state index >= 15 is 0 Å². The summed E-state index contributed by atoms with van der Waals surface area (Å²) in [5.74, 6) is -2.90. The largest absolute Gasteiger partial charge is 0.325 e. The number of hydrogen-bond acceptors (Lipinski definition) is 1. The topological polar surface area (TPSA) is 32.3 Å². The molecule has 1 unspecified atom stereocenters. The van der Waals surface area contributed by atoms with E-state index in [9.17, 15) is 13.6 Å². The number of rotatable bonds is 2. The van der Waals surface area contributed by atoms with E-state index < -0.39 is 11.8 Å². The molecule has 1 aromatic carbocycles. The maximum absolute atomic E-state index is 13.6. The Labute approximate surface area is 140 Å². The molecule has 0 radical (unpaired) electrons. The number of nitrogens with zero attached hydrogens (tertiary/aromatic N) is 1. The van der Waals surface area contributed by atoms with E-state index in [1.807, 2.05) is 0 Å². The smallest absolute Gasteiger partial charge is 0.321 e. The van der Waals surface area contributed by atoms with Gasteiger partial charge in [0.15, 0.2) is 0 Å². The summed E-state index contributed by atoms with van der Waals surface area (Å²) in [4.78, 5) is 14.1. The van der Waals surface area contributed by atoms with Gasteiger partial charge in [-0.1, -0.05) is 18.5 Å². The highest BCUT2D eigenvalue weighted by molar-refractivity contribution is 6.31. The van der Waals surface area contributed by atoms with E-state index in [0.717, 1.165) is 25.9 Å². The summed E-state index contributed by atoms with van der Waals surface area (Å²) in [7, 11) is 0. The van der Waals surface area contributed by atoms with Crippen LogP contribution in [-0.4, -0.2) is 29.9 Å². The summed E-state index contributed by atoms with van der Waals surface area (Å²) < 4.78 is 27.3. The Morgan fingerprint density at radius 1 is 1.30 bits per heavy atom. The van der Waals surface area contributed by atoms with Crippen molar-refractivity contribution in [1.82, 2.24) is 4.90 Å². The molecule has 2 amide bonds. The van der Waals surface area contributed by atoms with Crippen molar-refractivity contribution < 1.29 is 13.6 Å². The summed E-state index contributed by atoms with van der Waals surface area (Å²) in [5, 5.41) is 3.14. The second kappa shape index (κ2) is 6.27. The lowest BCUT2D eigenvalue weighted by atomic mass is 9.76. The van der Waals surface area contributed by atoms with Crippen LogP contribution in [0.25, 0.3) is 0 Å². The van der Waals surface area contributed by atoms with E-state index in [4.69, 9.17) is 11.6 Å². The zero-order chi connectivity index (χ0) is 16.6. The molecule has 3 nitrogen and oxygen atoms in total. The third kappa shape index (κ3) is 3.44. The second-order valence-corrected chi connectivity index (χ2v) is 7.10. The van der Waals surface area contributed by atoms with Crippen molar-refractivity contribution in [3.63, 3.8) is 0 Å². The van der Waals surface area contributed by atoms with Crippen molar-refractivity contribution in [3.8, 4) is 0 Å². The zero-order valence-electron chi connectivity index (χ0n) is 13.1. The maximum Gasteiger partial charge on any atom is 0.321 e. The lowest BCUT2D eigenvalue weighted by Gasteiger charge is -2.37. The van der Waals surface area contributed by atoms with Gasteiger partial charge in [-0.3, -0.25) is 0 Å². The van der Waals surface area contributed by atoms with Crippen LogP contribution in [0.5, 0.6) is 0 Å². The molecule has 1 saturated heterocycles. The molecular weight excluding hydrogens is 322 g/mol. The fraction of sp³-hybridized carbons (Fsp3) is 0.588. The van der Waals surface area contributed by atoms with Crippen LogP contribution < -0.4 is 5.32 Å². The third-order valence-corrected chi connectivity index (χ3v) is 5.31. The number of amides is 2. The first-order chi connectivity index (χ1) is 10.9. The van der Waals surface area contributed by atoms with E-state index in [0.29, 0.717) is 28.6 Å². The van der Waals surface area contributed by atoms with Gasteiger partial charge >= 0.3 is 6.03 Å². The minimum absolute atomic E-state index is 0.101. The van der Waals surface area contributed by atoms with Crippen molar-refractivity contribution >= 4 is 23.3 Å². The number of alkyl halides is 2. The summed E-state index contributed by atoms with van der Waals surface area (Å²) >= 11 is 6.08. The molecule has 1 aliphatic carbocycles. The number of benzene rings is 1. The Kier molecular flexibility index (Phi) is 4.50. The predicted octanol–water partition coefficient (Wildman–Crippen LogP) is 5.12. The highest BCUT2D eigenvalue weighted by Crippen LogP contribution is 2.51. The van der Waals surface area contributed by atoms with Gasteiger partial charge in [0.25, 0.3) is 5.92 Å². The highest BCUT2D eigenvalue weighted by atomic mass is 35.5. The molecule has 6 heteroatoms. The first-order valence-corrected chi connectivity index (χ1v) is 8.48. The average Bonchev–Trinajstić information content (AvgIpc) is 2.50. The molecule has 2 fully saturated rings. The predicted molar refractivity (Wildman–Crippen MR) is 87.4 cm³/mol. The SMILES string of the molecule is CC1CCN(C(=O)Nc2ccc(Cl)c(C3CCC3(F)F)c2)CC1. The molecule has 126 valence electrons. The molecule has 1 saturated carbocycles. The summed E-state index contributed by atoms with van der Waals surface area (Å²) in [6, 6.07) is 4.65. The fourth-order valence-electron chi connectivity index (χ4n) is 3.19. The lowest BCUT2D eigenvalue weighted by Crippen LogP contribution is -2.40. The second-order valence-electron chi connectivity index (χ2n) is 6.69. The fourth-order valence-corrected chi connectivity index (χ4v) is 3.44. The van der Waals surface area contributed by atoms with Crippen LogP contribution in [0, 0.1) is 5.92 Å². The Balaban J connectivity index is 1.70. The third-order valence-electron chi connectivity index (χ3n) is 4.97. The van der Waals surface area contributed by atoms with Crippen molar-refractivity contribution in [3.05, 3.63) is 28.8 Å². The molecule has 1 heterocycles. The van der Waals surface area contributed by atoms with Crippen molar-refractivity contribution in [2.45, 2.75) is 44.4 Å². The standard InChI is InChI=1S/C17H21ClF2N2O/c1-11-5-8-22(9-6-11)16(23)21-12-2-3-15(18)13(10-12)14-4-7-17(14,19)20/h2-3,10-11,14H,4-9H2,1H3,(H,21,23). The Morgan fingerprint density at radius 2 is 2.00 bits per heavy atom. The van der Waals surface area contributed by atoms with E-state index in [1.165, 1.54) is 0 Å². The lowest BCUT2D eigenvalue weighted by molar-refractivity contribution is -0.0961. The van der Waals surface area contributed by atoms with Gasteiger partial charge in [-0.2, -0.15) is 0 Å². The van der Waals surface area contributed by atoms with E-state index in [2.05, 4.69) is 12.2 Å². The molecule has 0 bridgehead atoms. The molecule has 1 aromatic rings. The van der Waals surface area contributed by atoms with Gasteiger partial charge in [-0.15, -0.1) is 0 Å². The van der Waals surface area contributed by atoms with Gasteiger partial charge in [0.05, 0.1) is 0 Å². The summed E-state index contributed by atoms with van der Waals surface area (Å²) in [5.41, 5.74) is 0.948. The van der Waals surface area contributed by atoms with Crippen LogP contribution in [-0.2, 0) is 0 Å². The molecule has 1 N–H and O–H groups in total. The Morgan fingerprint density at radius 3 is 2.57 bits per heavy atom. The summed E-state index contributed by atoms with van der Waals surface area (Å²) in [6.07, 6.45) is 2.31. The van der Waals surface area contributed by atoms with Crippen molar-refractivity contribution in [2.24, 2.45) is 5.92 Å². The first-order valence-electron chi connectivity index (χ1n) is 8.10. The Bertz CT molecular complexity index is 600. The number of carbonyl (C=O) groups is 1. The molecular formula is C17H21ClF2N2O. The molecule has 23 heavy (non-hydrogen) atoms. The van der Waals surface area contributed by atoms with Crippen molar-refractivity contribution in [1.29, 1.82) is 0 Å². The number of anilines is 1. The van der Waals surface area contributed by atoms with Crippen LogP contribution in [0.15, 0.2) is 18.2 Å². The minimum atomic E-state index is -2.70. The monoisotopic (exact) mass is 342 g/mol. The van der Waals surface area contributed by atoms with Crippen LogP contribution in [0.4, 0.5) is 19.3 Å². The first kappa shape index (κ1) is 16.5. The number of halogens is 3. The van der Waals surface area contributed by atoms with Gasteiger partial charge < -0.3 is 10.2 Å². The number of piperidine rings is 1.